The Hall–Kier alpha value is -2.56. The molecule has 0 atom stereocenters. The van der Waals surface area contributed by atoms with Gasteiger partial charge < -0.3 is 4.74 Å². The molecule has 0 aromatic heterocycles. The van der Waals surface area contributed by atoms with Gasteiger partial charge in [0.05, 0.1) is 18.4 Å². The smallest absolute Gasteiger partial charge is 0.337 e. The molecule has 3 nitrogen and oxygen atoms in total. The molecule has 2 aromatic rings. The van der Waals surface area contributed by atoms with Gasteiger partial charge in [0, 0.05) is 12.3 Å². The molecule has 0 radical (unpaired) electrons. The van der Waals surface area contributed by atoms with Crippen molar-refractivity contribution in [2.24, 2.45) is 4.99 Å². The third kappa shape index (κ3) is 3.47. The van der Waals surface area contributed by atoms with Crippen LogP contribution >= 0.6 is 0 Å². The highest BCUT2D eigenvalue weighted by molar-refractivity contribution is 5.90. The first-order chi connectivity index (χ1) is 9.58. The molecule has 0 saturated carbocycles. The van der Waals surface area contributed by atoms with Gasteiger partial charge in [0.1, 0.15) is 11.6 Å². The minimum absolute atomic E-state index is 0.180. The fraction of sp³-hybridized carbons (Fsp3) is 0.0667. The van der Waals surface area contributed by atoms with Crippen molar-refractivity contribution < 1.29 is 18.3 Å². The van der Waals surface area contributed by atoms with Crippen LogP contribution in [0.25, 0.3) is 0 Å². The zero-order valence-electron chi connectivity index (χ0n) is 10.6. The maximum atomic E-state index is 13.0. The molecule has 0 fully saturated rings. The van der Waals surface area contributed by atoms with E-state index in [0.29, 0.717) is 11.1 Å². The zero-order chi connectivity index (χ0) is 14.5. The molecule has 0 aliphatic carbocycles. The molecule has 2 aromatic carbocycles. The molecule has 0 aliphatic heterocycles. The summed E-state index contributed by atoms with van der Waals surface area (Å²) >= 11 is 0. The summed E-state index contributed by atoms with van der Waals surface area (Å²) in [6.07, 6.45) is 1.45. The van der Waals surface area contributed by atoms with E-state index in [0.717, 1.165) is 18.2 Å². The molecule has 5 heteroatoms. The summed E-state index contributed by atoms with van der Waals surface area (Å²) in [7, 11) is 1.30. The Morgan fingerprint density at radius 3 is 2.25 bits per heavy atom. The number of methoxy groups -OCH3 is 1. The predicted octanol–water partition coefficient (Wildman–Crippen LogP) is 3.50. The van der Waals surface area contributed by atoms with Crippen LogP contribution in [-0.2, 0) is 4.74 Å². The average Bonchev–Trinajstić information content (AvgIpc) is 2.44. The largest absolute Gasteiger partial charge is 0.465 e. The van der Waals surface area contributed by atoms with Crippen LogP contribution in [0.3, 0.4) is 0 Å². The lowest BCUT2D eigenvalue weighted by molar-refractivity contribution is 0.0600. The average molecular weight is 275 g/mol. The monoisotopic (exact) mass is 275 g/mol. The SMILES string of the molecule is COC(=O)c1ccc(C=Nc2cc(F)cc(F)c2)cc1. The molecule has 0 unspecified atom stereocenters. The topological polar surface area (TPSA) is 38.7 Å². The number of ether oxygens (including phenoxy) is 1. The molecule has 20 heavy (non-hydrogen) atoms. The van der Waals surface area contributed by atoms with E-state index in [1.165, 1.54) is 13.3 Å². The van der Waals surface area contributed by atoms with E-state index in [1.54, 1.807) is 24.3 Å². The number of carbonyl (C=O) groups excluding carboxylic acids is 1. The second-order valence-corrected chi connectivity index (χ2v) is 4.00. The standard InChI is InChI=1S/C15H11F2NO2/c1-20-15(19)11-4-2-10(3-5-11)9-18-14-7-12(16)6-13(17)8-14/h2-9H,1H3. The minimum atomic E-state index is -0.682. The number of nitrogens with zero attached hydrogens (tertiary/aromatic N) is 1. The number of hydrogen-bond acceptors (Lipinski definition) is 3. The molecule has 0 heterocycles. The third-order valence-corrected chi connectivity index (χ3v) is 2.54. The van der Waals surface area contributed by atoms with Gasteiger partial charge in [-0.25, -0.2) is 13.6 Å². The van der Waals surface area contributed by atoms with E-state index < -0.39 is 17.6 Å². The summed E-state index contributed by atoms with van der Waals surface area (Å²) in [4.78, 5) is 15.2. The van der Waals surface area contributed by atoms with Crippen LogP contribution in [0, 0.1) is 11.6 Å². The lowest BCUT2D eigenvalue weighted by Gasteiger charge is -1.99. The summed E-state index contributed by atoms with van der Waals surface area (Å²) in [5.41, 5.74) is 1.29. The van der Waals surface area contributed by atoms with Gasteiger partial charge in [0.15, 0.2) is 0 Å². The number of halogens is 2. The molecule has 0 N–H and O–H groups in total. The zero-order valence-corrected chi connectivity index (χ0v) is 10.6. The Morgan fingerprint density at radius 1 is 1.10 bits per heavy atom. The molecule has 0 amide bonds. The van der Waals surface area contributed by atoms with Crippen LogP contribution in [0.4, 0.5) is 14.5 Å². The van der Waals surface area contributed by atoms with Crippen LogP contribution in [0.1, 0.15) is 15.9 Å². The van der Waals surface area contributed by atoms with Crippen molar-refractivity contribution in [3.8, 4) is 0 Å². The minimum Gasteiger partial charge on any atom is -0.465 e. The van der Waals surface area contributed by atoms with E-state index in [2.05, 4.69) is 9.73 Å². The number of aliphatic imine (C=N–C) groups is 1. The Kier molecular flexibility index (Phi) is 4.20. The Bertz CT molecular complexity index is 631. The van der Waals surface area contributed by atoms with E-state index in [9.17, 15) is 13.6 Å². The van der Waals surface area contributed by atoms with Crippen molar-refractivity contribution in [2.75, 3.05) is 7.11 Å². The Morgan fingerprint density at radius 2 is 1.70 bits per heavy atom. The highest BCUT2D eigenvalue weighted by Gasteiger charge is 2.03. The van der Waals surface area contributed by atoms with Gasteiger partial charge >= 0.3 is 5.97 Å². The number of esters is 1. The van der Waals surface area contributed by atoms with Crippen molar-refractivity contribution in [2.45, 2.75) is 0 Å². The normalized spacial score (nSPS) is 10.8. The van der Waals surface area contributed by atoms with Crippen molar-refractivity contribution in [1.82, 2.24) is 0 Å². The van der Waals surface area contributed by atoms with Crippen molar-refractivity contribution >= 4 is 17.9 Å². The van der Waals surface area contributed by atoms with Crippen molar-refractivity contribution in [3.63, 3.8) is 0 Å². The van der Waals surface area contributed by atoms with Gasteiger partial charge in [0.25, 0.3) is 0 Å². The van der Waals surface area contributed by atoms with Gasteiger partial charge in [-0.15, -0.1) is 0 Å². The highest BCUT2D eigenvalue weighted by Crippen LogP contribution is 2.16. The van der Waals surface area contributed by atoms with Crippen LogP contribution in [0.2, 0.25) is 0 Å². The van der Waals surface area contributed by atoms with E-state index >= 15 is 0 Å². The summed E-state index contributed by atoms with van der Waals surface area (Å²) < 4.78 is 30.5. The lowest BCUT2D eigenvalue weighted by Crippen LogP contribution is -2.00. The molecule has 0 saturated heterocycles. The molecule has 102 valence electrons. The van der Waals surface area contributed by atoms with Crippen molar-refractivity contribution in [1.29, 1.82) is 0 Å². The van der Waals surface area contributed by atoms with Crippen molar-refractivity contribution in [3.05, 3.63) is 65.2 Å². The van der Waals surface area contributed by atoms with Gasteiger partial charge in [0.2, 0.25) is 0 Å². The van der Waals surface area contributed by atoms with Gasteiger partial charge in [-0.2, -0.15) is 0 Å². The summed E-state index contributed by atoms with van der Waals surface area (Å²) in [5, 5.41) is 0. The number of carbonyl (C=O) groups is 1. The molecule has 0 bridgehead atoms. The predicted molar refractivity (Wildman–Crippen MR) is 71.4 cm³/mol. The van der Waals surface area contributed by atoms with Crippen LogP contribution in [-0.4, -0.2) is 19.3 Å². The summed E-state index contributed by atoms with van der Waals surface area (Å²) in [5.74, 6) is -1.79. The molecule has 0 spiro atoms. The van der Waals surface area contributed by atoms with E-state index in [4.69, 9.17) is 0 Å². The Balaban J connectivity index is 2.17. The summed E-state index contributed by atoms with van der Waals surface area (Å²) in [6, 6.07) is 9.52. The molecule has 0 aliphatic rings. The quantitative estimate of drug-likeness (QED) is 0.635. The van der Waals surface area contributed by atoms with Gasteiger partial charge in [-0.1, -0.05) is 12.1 Å². The second-order valence-electron chi connectivity index (χ2n) is 4.00. The van der Waals surface area contributed by atoms with E-state index in [1.807, 2.05) is 0 Å². The summed E-state index contributed by atoms with van der Waals surface area (Å²) in [6.45, 7) is 0. The molecular formula is C15H11F2NO2. The van der Waals surface area contributed by atoms with Crippen LogP contribution < -0.4 is 0 Å². The maximum absolute atomic E-state index is 13.0. The van der Waals surface area contributed by atoms with Crippen LogP contribution in [0.15, 0.2) is 47.5 Å². The Labute approximate surface area is 114 Å². The van der Waals surface area contributed by atoms with E-state index in [-0.39, 0.29) is 5.69 Å². The first-order valence-electron chi connectivity index (χ1n) is 5.77. The van der Waals surface area contributed by atoms with Gasteiger partial charge in [-0.05, 0) is 29.8 Å². The first kappa shape index (κ1) is 13.9. The third-order valence-electron chi connectivity index (χ3n) is 2.54. The fourth-order valence-electron chi connectivity index (χ4n) is 1.59. The number of hydrogen-bond donors (Lipinski definition) is 0. The lowest BCUT2D eigenvalue weighted by atomic mass is 10.1. The fourth-order valence-corrected chi connectivity index (χ4v) is 1.59. The highest BCUT2D eigenvalue weighted by atomic mass is 19.1. The number of benzene rings is 2. The second kappa shape index (κ2) is 6.06. The first-order valence-corrected chi connectivity index (χ1v) is 5.77. The molecular weight excluding hydrogens is 264 g/mol. The van der Waals surface area contributed by atoms with Crippen LogP contribution in [0.5, 0.6) is 0 Å². The van der Waals surface area contributed by atoms with Gasteiger partial charge in [-0.3, -0.25) is 4.99 Å². The maximum Gasteiger partial charge on any atom is 0.337 e. The molecule has 2 rings (SSSR count). The number of rotatable bonds is 3.